The second-order valence-electron chi connectivity index (χ2n) is 5.45. The van der Waals surface area contributed by atoms with Crippen molar-refractivity contribution in [2.75, 3.05) is 0 Å². The highest BCUT2D eigenvalue weighted by Crippen LogP contribution is 2.19. The maximum atomic E-state index is 3.60. The molecule has 0 bridgehead atoms. The maximum Gasteiger partial charge on any atom is 0.0297 e. The molecule has 0 spiro atoms. The van der Waals surface area contributed by atoms with E-state index in [0.717, 1.165) is 6.54 Å². The van der Waals surface area contributed by atoms with Gasteiger partial charge in [-0.15, -0.1) is 0 Å². The van der Waals surface area contributed by atoms with Crippen molar-refractivity contribution >= 4 is 0 Å². The van der Waals surface area contributed by atoms with Gasteiger partial charge in [0.25, 0.3) is 0 Å². The standard InChI is InChI=1S/C18H23N/c1-13-6-9-17(10-7-13)12-19-16(4)18-11-14(2)5-8-15(18)3/h5-11,16,19H,12H2,1-4H3. The summed E-state index contributed by atoms with van der Waals surface area (Å²) in [6, 6.07) is 15.7. The zero-order chi connectivity index (χ0) is 13.8. The quantitative estimate of drug-likeness (QED) is 0.848. The molecule has 0 heterocycles. The molecule has 0 aliphatic carbocycles. The molecule has 1 atom stereocenters. The van der Waals surface area contributed by atoms with E-state index in [1.807, 2.05) is 0 Å². The van der Waals surface area contributed by atoms with Gasteiger partial charge in [0, 0.05) is 12.6 Å². The first kappa shape index (κ1) is 13.8. The summed E-state index contributed by atoms with van der Waals surface area (Å²) in [5.41, 5.74) is 6.72. The lowest BCUT2D eigenvalue weighted by Gasteiger charge is -2.17. The lowest BCUT2D eigenvalue weighted by Crippen LogP contribution is -2.19. The first-order valence-corrected chi connectivity index (χ1v) is 6.92. The van der Waals surface area contributed by atoms with Crippen LogP contribution in [0.5, 0.6) is 0 Å². The van der Waals surface area contributed by atoms with Gasteiger partial charge in [-0.3, -0.25) is 0 Å². The van der Waals surface area contributed by atoms with Crippen molar-refractivity contribution in [3.05, 3.63) is 70.3 Å². The average molecular weight is 253 g/mol. The Hall–Kier alpha value is -1.60. The van der Waals surface area contributed by atoms with Gasteiger partial charge in [0.15, 0.2) is 0 Å². The molecule has 19 heavy (non-hydrogen) atoms. The van der Waals surface area contributed by atoms with E-state index < -0.39 is 0 Å². The Morgan fingerprint density at radius 1 is 0.895 bits per heavy atom. The second-order valence-corrected chi connectivity index (χ2v) is 5.45. The molecule has 0 saturated carbocycles. The van der Waals surface area contributed by atoms with Crippen LogP contribution in [-0.2, 0) is 6.54 Å². The Morgan fingerprint density at radius 3 is 2.21 bits per heavy atom. The minimum atomic E-state index is 0.376. The van der Waals surface area contributed by atoms with Gasteiger partial charge in [-0.25, -0.2) is 0 Å². The van der Waals surface area contributed by atoms with Gasteiger partial charge in [0.2, 0.25) is 0 Å². The fourth-order valence-electron chi connectivity index (χ4n) is 2.31. The van der Waals surface area contributed by atoms with Gasteiger partial charge in [0.05, 0.1) is 0 Å². The summed E-state index contributed by atoms with van der Waals surface area (Å²) in [4.78, 5) is 0. The fourth-order valence-corrected chi connectivity index (χ4v) is 2.31. The Labute approximate surface area is 116 Å². The van der Waals surface area contributed by atoms with Crippen molar-refractivity contribution in [2.24, 2.45) is 0 Å². The van der Waals surface area contributed by atoms with Gasteiger partial charge in [-0.05, 0) is 44.4 Å². The third-order valence-corrected chi connectivity index (χ3v) is 3.63. The molecule has 100 valence electrons. The average Bonchev–Trinajstić information content (AvgIpc) is 2.40. The summed E-state index contributed by atoms with van der Waals surface area (Å²) in [6.45, 7) is 9.59. The highest BCUT2D eigenvalue weighted by atomic mass is 14.9. The molecule has 0 aliphatic rings. The molecule has 2 aromatic carbocycles. The summed E-state index contributed by atoms with van der Waals surface area (Å²) >= 11 is 0. The van der Waals surface area contributed by atoms with Crippen LogP contribution in [0.3, 0.4) is 0 Å². The topological polar surface area (TPSA) is 12.0 Å². The fraction of sp³-hybridized carbons (Fsp3) is 0.333. The molecule has 0 aromatic heterocycles. The number of aryl methyl sites for hydroxylation is 3. The molecule has 1 N–H and O–H groups in total. The largest absolute Gasteiger partial charge is 0.306 e. The molecule has 0 amide bonds. The zero-order valence-corrected chi connectivity index (χ0v) is 12.3. The summed E-state index contributed by atoms with van der Waals surface area (Å²) in [5.74, 6) is 0. The first-order chi connectivity index (χ1) is 9.06. The zero-order valence-electron chi connectivity index (χ0n) is 12.3. The van der Waals surface area contributed by atoms with Crippen LogP contribution >= 0.6 is 0 Å². The minimum absolute atomic E-state index is 0.376. The highest BCUT2D eigenvalue weighted by Gasteiger charge is 2.08. The number of hydrogen-bond donors (Lipinski definition) is 1. The SMILES string of the molecule is Cc1ccc(CNC(C)c2cc(C)ccc2C)cc1. The van der Waals surface area contributed by atoms with Gasteiger partial charge in [-0.2, -0.15) is 0 Å². The predicted octanol–water partition coefficient (Wildman–Crippen LogP) is 4.46. The molecule has 0 aliphatic heterocycles. The van der Waals surface area contributed by atoms with Crippen molar-refractivity contribution in [3.63, 3.8) is 0 Å². The molecular weight excluding hydrogens is 230 g/mol. The molecule has 1 unspecified atom stereocenters. The monoisotopic (exact) mass is 253 g/mol. The summed E-state index contributed by atoms with van der Waals surface area (Å²) in [6.07, 6.45) is 0. The third-order valence-electron chi connectivity index (χ3n) is 3.63. The number of nitrogens with one attached hydrogen (secondary N) is 1. The Kier molecular flexibility index (Phi) is 4.39. The van der Waals surface area contributed by atoms with E-state index in [9.17, 15) is 0 Å². The molecule has 1 nitrogen and oxygen atoms in total. The van der Waals surface area contributed by atoms with Crippen molar-refractivity contribution in [2.45, 2.75) is 40.3 Å². The van der Waals surface area contributed by atoms with E-state index in [4.69, 9.17) is 0 Å². The Balaban J connectivity index is 2.03. The highest BCUT2D eigenvalue weighted by molar-refractivity contribution is 5.32. The van der Waals surface area contributed by atoms with Crippen LogP contribution in [0.2, 0.25) is 0 Å². The van der Waals surface area contributed by atoms with Crippen molar-refractivity contribution in [1.82, 2.24) is 5.32 Å². The van der Waals surface area contributed by atoms with Gasteiger partial charge >= 0.3 is 0 Å². The molecule has 2 aromatic rings. The van der Waals surface area contributed by atoms with Gasteiger partial charge in [0.1, 0.15) is 0 Å². The Morgan fingerprint density at radius 2 is 1.53 bits per heavy atom. The van der Waals surface area contributed by atoms with Crippen LogP contribution in [0.4, 0.5) is 0 Å². The first-order valence-electron chi connectivity index (χ1n) is 6.92. The van der Waals surface area contributed by atoms with E-state index >= 15 is 0 Å². The van der Waals surface area contributed by atoms with E-state index in [1.54, 1.807) is 0 Å². The van der Waals surface area contributed by atoms with Crippen molar-refractivity contribution < 1.29 is 0 Å². The molecule has 2 rings (SSSR count). The molecular formula is C18H23N. The van der Waals surface area contributed by atoms with Crippen LogP contribution in [0.15, 0.2) is 42.5 Å². The summed E-state index contributed by atoms with van der Waals surface area (Å²) < 4.78 is 0. The van der Waals surface area contributed by atoms with E-state index in [0.29, 0.717) is 6.04 Å². The van der Waals surface area contributed by atoms with E-state index in [2.05, 4.69) is 75.5 Å². The second kappa shape index (κ2) is 6.03. The van der Waals surface area contributed by atoms with Crippen LogP contribution < -0.4 is 5.32 Å². The van der Waals surface area contributed by atoms with Crippen LogP contribution in [-0.4, -0.2) is 0 Å². The van der Waals surface area contributed by atoms with Crippen LogP contribution in [0, 0.1) is 20.8 Å². The van der Waals surface area contributed by atoms with Crippen molar-refractivity contribution in [3.8, 4) is 0 Å². The number of hydrogen-bond acceptors (Lipinski definition) is 1. The summed E-state index contributed by atoms with van der Waals surface area (Å²) in [5, 5.41) is 3.60. The van der Waals surface area contributed by atoms with Crippen LogP contribution in [0.25, 0.3) is 0 Å². The van der Waals surface area contributed by atoms with Crippen molar-refractivity contribution in [1.29, 1.82) is 0 Å². The van der Waals surface area contributed by atoms with Gasteiger partial charge in [-0.1, -0.05) is 53.6 Å². The molecule has 0 saturated heterocycles. The smallest absolute Gasteiger partial charge is 0.0297 e. The van der Waals surface area contributed by atoms with Gasteiger partial charge < -0.3 is 5.32 Å². The normalized spacial score (nSPS) is 12.4. The lowest BCUT2D eigenvalue weighted by molar-refractivity contribution is 0.572. The number of benzene rings is 2. The van der Waals surface area contributed by atoms with E-state index in [-0.39, 0.29) is 0 Å². The van der Waals surface area contributed by atoms with E-state index in [1.165, 1.54) is 27.8 Å². The predicted molar refractivity (Wildman–Crippen MR) is 82.3 cm³/mol. The Bertz CT molecular complexity index is 540. The maximum absolute atomic E-state index is 3.60. The lowest BCUT2D eigenvalue weighted by atomic mass is 10.00. The molecule has 0 radical (unpaired) electrons. The number of rotatable bonds is 4. The molecule has 0 fully saturated rings. The summed E-state index contributed by atoms with van der Waals surface area (Å²) in [7, 11) is 0. The minimum Gasteiger partial charge on any atom is -0.306 e. The molecule has 1 heteroatoms. The third kappa shape index (κ3) is 3.68. The van der Waals surface area contributed by atoms with Crippen LogP contribution in [0.1, 0.15) is 40.8 Å².